The fraction of sp³-hybridized carbons (Fsp3) is 0.263. The summed E-state index contributed by atoms with van der Waals surface area (Å²) in [6.45, 7) is 1.19. The lowest BCUT2D eigenvalue weighted by Crippen LogP contribution is -2.48. The summed E-state index contributed by atoms with van der Waals surface area (Å²) in [6, 6.07) is 3.84. The molecule has 1 saturated heterocycles. The number of hydrogen-bond donors (Lipinski definition) is 4. The van der Waals surface area contributed by atoms with Gasteiger partial charge in [-0.25, -0.2) is 13.6 Å². The predicted octanol–water partition coefficient (Wildman–Crippen LogP) is 2.28. The fourth-order valence-electron chi connectivity index (χ4n) is 2.94. The number of nitrogens with one attached hydrogen (secondary N) is 3. The highest BCUT2D eigenvalue weighted by molar-refractivity contribution is 7.12. The molecule has 0 saturated carbocycles. The second kappa shape index (κ2) is 8.82. The Bertz CT molecular complexity index is 931. The summed E-state index contributed by atoms with van der Waals surface area (Å²) >= 11 is 1.20. The van der Waals surface area contributed by atoms with Gasteiger partial charge in [0.25, 0.3) is 5.91 Å². The number of rotatable bonds is 3. The quantitative estimate of drug-likeness (QED) is 0.591. The van der Waals surface area contributed by atoms with Crippen molar-refractivity contribution < 1.29 is 18.4 Å². The van der Waals surface area contributed by atoms with Crippen molar-refractivity contribution in [2.45, 2.75) is 12.5 Å². The third-order valence-electron chi connectivity index (χ3n) is 4.10. The van der Waals surface area contributed by atoms with Crippen LogP contribution in [0.4, 0.5) is 19.3 Å². The van der Waals surface area contributed by atoms with Gasteiger partial charge in [0.1, 0.15) is 16.5 Å². The van der Waals surface area contributed by atoms with E-state index in [0.717, 1.165) is 6.07 Å². The van der Waals surface area contributed by atoms with Gasteiger partial charge in [0.2, 0.25) is 0 Å². The maximum atomic E-state index is 13.2. The molecule has 1 fully saturated rings. The van der Waals surface area contributed by atoms with Crippen molar-refractivity contribution in [2.75, 3.05) is 18.4 Å². The van der Waals surface area contributed by atoms with Crippen LogP contribution in [-0.4, -0.2) is 31.1 Å². The maximum Gasteiger partial charge on any atom is 0.316 e. The molecule has 2 atom stereocenters. The van der Waals surface area contributed by atoms with Crippen molar-refractivity contribution in [3.8, 4) is 11.8 Å². The second-order valence-electron chi connectivity index (χ2n) is 6.34. The molecule has 2 heterocycles. The number of thiophene rings is 1. The van der Waals surface area contributed by atoms with E-state index in [1.54, 1.807) is 11.4 Å². The van der Waals surface area contributed by atoms with Crippen LogP contribution in [0.15, 0.2) is 29.6 Å². The van der Waals surface area contributed by atoms with Gasteiger partial charge in [-0.2, -0.15) is 0 Å². The minimum atomic E-state index is -0.740. The van der Waals surface area contributed by atoms with Gasteiger partial charge >= 0.3 is 6.03 Å². The Morgan fingerprint density at radius 3 is 2.68 bits per heavy atom. The number of benzene rings is 1. The first-order valence-corrected chi connectivity index (χ1v) is 9.42. The van der Waals surface area contributed by atoms with Crippen molar-refractivity contribution in [3.63, 3.8) is 0 Å². The van der Waals surface area contributed by atoms with E-state index in [4.69, 9.17) is 5.73 Å². The van der Waals surface area contributed by atoms with Crippen molar-refractivity contribution in [2.24, 2.45) is 11.7 Å². The zero-order chi connectivity index (χ0) is 20.1. The first kappa shape index (κ1) is 19.8. The van der Waals surface area contributed by atoms with Crippen LogP contribution in [0, 0.1) is 29.4 Å². The molecule has 6 nitrogen and oxygen atoms in total. The number of hydrogen-bond acceptors (Lipinski definition) is 4. The van der Waals surface area contributed by atoms with Crippen LogP contribution in [0.3, 0.4) is 0 Å². The average Bonchev–Trinajstić information content (AvgIpc) is 3.07. The molecule has 0 spiro atoms. The molecular weight excluding hydrogens is 386 g/mol. The first-order chi connectivity index (χ1) is 13.4. The second-order valence-corrected chi connectivity index (χ2v) is 7.26. The highest BCUT2D eigenvalue weighted by Gasteiger charge is 2.24. The minimum Gasteiger partial charge on any atom is -0.351 e. The average molecular weight is 404 g/mol. The molecular formula is C19H18F2N4O2S. The molecule has 0 unspecified atom stereocenters. The van der Waals surface area contributed by atoms with Crippen LogP contribution in [0.2, 0.25) is 0 Å². The van der Waals surface area contributed by atoms with E-state index in [0.29, 0.717) is 30.1 Å². The third-order valence-corrected chi connectivity index (χ3v) is 5.01. The molecule has 1 aliphatic heterocycles. The lowest BCUT2D eigenvalue weighted by molar-refractivity contribution is 0.0932. The summed E-state index contributed by atoms with van der Waals surface area (Å²) in [5.41, 5.74) is 5.74. The van der Waals surface area contributed by atoms with Crippen LogP contribution < -0.4 is 21.7 Å². The summed E-state index contributed by atoms with van der Waals surface area (Å²) in [5.74, 6) is 4.04. The molecule has 0 radical (unpaired) electrons. The fourth-order valence-corrected chi connectivity index (χ4v) is 3.69. The van der Waals surface area contributed by atoms with Crippen molar-refractivity contribution in [1.82, 2.24) is 10.6 Å². The SMILES string of the molecule is NC(=O)Nc1ccsc1C(=O)N[C@@H]1CNC[C@H](C#Cc2cc(F)cc(F)c2)C1. The van der Waals surface area contributed by atoms with E-state index in [1.165, 1.54) is 23.5 Å². The summed E-state index contributed by atoms with van der Waals surface area (Å²) in [5, 5.41) is 10.2. The normalized spacial score (nSPS) is 18.6. The molecule has 1 aromatic carbocycles. The molecule has 1 aromatic heterocycles. The molecule has 9 heteroatoms. The van der Waals surface area contributed by atoms with Crippen LogP contribution >= 0.6 is 11.3 Å². The van der Waals surface area contributed by atoms with Gasteiger partial charge in [-0.15, -0.1) is 11.3 Å². The molecule has 146 valence electrons. The number of nitrogens with two attached hydrogens (primary N) is 1. The number of primary amides is 1. The zero-order valence-electron chi connectivity index (χ0n) is 14.7. The van der Waals surface area contributed by atoms with Gasteiger partial charge in [-0.3, -0.25) is 4.79 Å². The zero-order valence-corrected chi connectivity index (χ0v) is 15.5. The minimum absolute atomic E-state index is 0.0862. The van der Waals surface area contributed by atoms with Crippen LogP contribution in [0.25, 0.3) is 0 Å². The Labute approximate surface area is 164 Å². The number of amides is 3. The predicted molar refractivity (Wildman–Crippen MR) is 103 cm³/mol. The summed E-state index contributed by atoms with van der Waals surface area (Å²) in [4.78, 5) is 23.9. The standard InChI is InChI=1S/C19H18F2N4O2S/c20-13-5-11(6-14(21)8-13)1-2-12-7-15(10-23-9-12)24-18(26)17-16(3-4-28-17)25-19(22)27/h3-6,8,12,15,23H,7,9-10H2,(H,24,26)(H3,22,25,27)/t12-,15+/m1/s1. The highest BCUT2D eigenvalue weighted by Crippen LogP contribution is 2.22. The van der Waals surface area contributed by atoms with E-state index < -0.39 is 17.7 Å². The van der Waals surface area contributed by atoms with Gasteiger partial charge < -0.3 is 21.7 Å². The van der Waals surface area contributed by atoms with Gasteiger partial charge in [0.15, 0.2) is 0 Å². The van der Waals surface area contributed by atoms with Gasteiger partial charge in [0.05, 0.1) is 5.69 Å². The molecule has 1 aliphatic rings. The largest absolute Gasteiger partial charge is 0.351 e. The van der Waals surface area contributed by atoms with Gasteiger partial charge in [0, 0.05) is 36.7 Å². The van der Waals surface area contributed by atoms with Crippen LogP contribution in [0.1, 0.15) is 21.7 Å². The van der Waals surface area contributed by atoms with E-state index in [2.05, 4.69) is 27.8 Å². The maximum absolute atomic E-state index is 13.2. The number of anilines is 1. The Morgan fingerprint density at radius 2 is 1.96 bits per heavy atom. The van der Waals surface area contributed by atoms with E-state index in [-0.39, 0.29) is 23.4 Å². The smallest absolute Gasteiger partial charge is 0.316 e. The summed E-state index contributed by atoms with van der Waals surface area (Å²) in [6.07, 6.45) is 0.591. The molecule has 5 N–H and O–H groups in total. The molecule has 3 rings (SSSR count). The van der Waals surface area contributed by atoms with Crippen molar-refractivity contribution >= 4 is 29.0 Å². The number of urea groups is 1. The summed E-state index contributed by atoms with van der Waals surface area (Å²) < 4.78 is 26.5. The van der Waals surface area contributed by atoms with Crippen molar-refractivity contribution in [3.05, 3.63) is 51.7 Å². The number of carbonyl (C=O) groups excluding carboxylic acids is 2. The van der Waals surface area contributed by atoms with Crippen LogP contribution in [0.5, 0.6) is 0 Å². The lowest BCUT2D eigenvalue weighted by Gasteiger charge is -2.27. The number of piperidine rings is 1. The van der Waals surface area contributed by atoms with E-state index >= 15 is 0 Å². The Kier molecular flexibility index (Phi) is 6.23. The van der Waals surface area contributed by atoms with E-state index in [1.807, 2.05) is 0 Å². The first-order valence-electron chi connectivity index (χ1n) is 8.54. The monoisotopic (exact) mass is 404 g/mol. The van der Waals surface area contributed by atoms with Gasteiger partial charge in [-0.05, 0) is 30.0 Å². The molecule has 2 aromatic rings. The lowest BCUT2D eigenvalue weighted by atomic mass is 9.95. The Balaban J connectivity index is 1.63. The molecule has 0 aliphatic carbocycles. The van der Waals surface area contributed by atoms with Crippen LogP contribution in [-0.2, 0) is 0 Å². The number of halogens is 2. The summed E-state index contributed by atoms with van der Waals surface area (Å²) in [7, 11) is 0. The molecule has 28 heavy (non-hydrogen) atoms. The Morgan fingerprint density at radius 1 is 1.21 bits per heavy atom. The molecule has 3 amide bonds. The van der Waals surface area contributed by atoms with E-state index in [9.17, 15) is 18.4 Å². The number of carbonyl (C=O) groups is 2. The molecule has 0 bridgehead atoms. The van der Waals surface area contributed by atoms with Gasteiger partial charge in [-0.1, -0.05) is 11.8 Å². The van der Waals surface area contributed by atoms with Crippen molar-refractivity contribution in [1.29, 1.82) is 0 Å². The Hall–Kier alpha value is -2.96. The topological polar surface area (TPSA) is 96.2 Å². The highest BCUT2D eigenvalue weighted by atomic mass is 32.1. The third kappa shape index (κ3) is 5.28.